The Labute approximate surface area is 234 Å². The zero-order chi connectivity index (χ0) is 27.8. The number of benzene rings is 2. The third kappa shape index (κ3) is 8.31. The number of carbonyl (C=O) groups excluding carboxylic acids is 1. The number of nitrogens with zero attached hydrogens (tertiary/aromatic N) is 3. The van der Waals surface area contributed by atoms with Gasteiger partial charge in [0, 0.05) is 22.3 Å². The highest BCUT2D eigenvalue weighted by atomic mass is 79.9. The molecule has 2 aromatic heterocycles. The van der Waals surface area contributed by atoms with Crippen molar-refractivity contribution in [3.8, 4) is 0 Å². The normalized spacial score (nSPS) is 13.0. The molecule has 0 aliphatic heterocycles. The molecule has 0 aliphatic carbocycles. The molecule has 11 nitrogen and oxygen atoms in total. The molecule has 4 rings (SSSR count). The van der Waals surface area contributed by atoms with Crippen molar-refractivity contribution in [2.75, 3.05) is 31.0 Å². The summed E-state index contributed by atoms with van der Waals surface area (Å²) in [5.74, 6) is -0.271. The number of H-pyrrole nitrogens is 1. The predicted molar refractivity (Wildman–Crippen MR) is 149 cm³/mol. The van der Waals surface area contributed by atoms with Crippen molar-refractivity contribution < 1.29 is 27.5 Å². The number of rotatable bonds is 13. The van der Waals surface area contributed by atoms with Gasteiger partial charge >= 0.3 is 7.60 Å². The van der Waals surface area contributed by atoms with Gasteiger partial charge < -0.3 is 24.1 Å². The number of hydrogen-bond donors (Lipinski definition) is 2. The number of hydrogen-bond acceptors (Lipinski definition) is 10. The Morgan fingerprint density at radius 2 is 1.97 bits per heavy atom. The number of nitrogens with two attached hydrogens (primary N) is 1. The number of imidazole rings is 1. The maximum atomic E-state index is 13.5. The number of nitrogen functional groups attached to an aromatic ring is 1. The minimum absolute atomic E-state index is 0.0138. The van der Waals surface area contributed by atoms with E-state index in [2.05, 4.69) is 30.9 Å². The predicted octanol–water partition coefficient (Wildman–Crippen LogP) is 4.58. The lowest BCUT2D eigenvalue weighted by Crippen LogP contribution is -2.13. The van der Waals surface area contributed by atoms with E-state index in [1.807, 2.05) is 24.3 Å². The van der Waals surface area contributed by atoms with Crippen LogP contribution in [0.25, 0.3) is 11.2 Å². The smallest absolute Gasteiger partial charge is 0.356 e. The molecular formula is C24H24BrFN5O6PS. The molecule has 0 fully saturated rings. The maximum absolute atomic E-state index is 13.5. The van der Waals surface area contributed by atoms with Gasteiger partial charge in [-0.05, 0) is 42.0 Å². The first-order chi connectivity index (χ1) is 18.7. The molecule has 0 saturated heterocycles. The van der Waals surface area contributed by atoms with Crippen molar-refractivity contribution >= 4 is 57.5 Å². The SMILES string of the molecule is Nc1nc2c(ncn2CCOCP(=O)(OCCSC(=O)c2ccc(F)cc2)OCc2cccc(Br)c2)c(=O)[nH]1. The molecule has 206 valence electrons. The molecule has 1 atom stereocenters. The van der Waals surface area contributed by atoms with E-state index in [4.69, 9.17) is 19.5 Å². The first kappa shape index (κ1) is 29.1. The van der Waals surface area contributed by atoms with Gasteiger partial charge in [-0.1, -0.05) is 39.8 Å². The van der Waals surface area contributed by atoms with E-state index >= 15 is 0 Å². The Balaban J connectivity index is 1.33. The van der Waals surface area contributed by atoms with Crippen LogP contribution in [-0.4, -0.2) is 49.9 Å². The first-order valence-electron chi connectivity index (χ1n) is 11.6. The Bertz CT molecular complexity index is 1550. The van der Waals surface area contributed by atoms with Gasteiger partial charge in [-0.3, -0.25) is 19.1 Å². The highest BCUT2D eigenvalue weighted by Crippen LogP contribution is 2.49. The first-order valence-corrected chi connectivity index (χ1v) is 15.1. The number of thioether (sulfide) groups is 1. The summed E-state index contributed by atoms with van der Waals surface area (Å²) >= 11 is 4.35. The molecule has 3 N–H and O–H groups in total. The van der Waals surface area contributed by atoms with Crippen LogP contribution >= 0.6 is 35.3 Å². The van der Waals surface area contributed by atoms with Crippen molar-refractivity contribution in [3.63, 3.8) is 0 Å². The van der Waals surface area contributed by atoms with E-state index in [-0.39, 0.29) is 55.0 Å². The Hall–Kier alpha value is -2.87. The molecule has 2 heterocycles. The van der Waals surface area contributed by atoms with Crippen LogP contribution in [0.2, 0.25) is 0 Å². The van der Waals surface area contributed by atoms with Gasteiger partial charge in [0.2, 0.25) is 11.1 Å². The van der Waals surface area contributed by atoms with E-state index in [9.17, 15) is 18.5 Å². The summed E-state index contributed by atoms with van der Waals surface area (Å²) < 4.78 is 45.9. The fraction of sp³-hybridized carbons (Fsp3) is 0.250. The third-order valence-corrected chi connectivity index (χ3v) is 8.18. The zero-order valence-corrected chi connectivity index (χ0v) is 23.7. The molecule has 0 amide bonds. The van der Waals surface area contributed by atoms with Crippen molar-refractivity contribution in [2.45, 2.75) is 13.2 Å². The molecule has 2 aromatic carbocycles. The largest absolute Gasteiger partial charge is 0.369 e. The van der Waals surface area contributed by atoms with Gasteiger partial charge in [0.25, 0.3) is 5.56 Å². The summed E-state index contributed by atoms with van der Waals surface area (Å²) in [6, 6.07) is 12.5. The summed E-state index contributed by atoms with van der Waals surface area (Å²) in [6.07, 6.45) is 1.09. The summed E-state index contributed by atoms with van der Waals surface area (Å²) in [7, 11) is -3.74. The fourth-order valence-electron chi connectivity index (χ4n) is 3.37. The maximum Gasteiger partial charge on any atom is 0.356 e. The number of anilines is 1. The zero-order valence-electron chi connectivity index (χ0n) is 20.4. The number of ether oxygens (including phenoxy) is 1. The van der Waals surface area contributed by atoms with E-state index in [1.54, 1.807) is 4.57 Å². The van der Waals surface area contributed by atoms with Crippen LogP contribution in [0.15, 0.2) is 64.1 Å². The Morgan fingerprint density at radius 1 is 1.18 bits per heavy atom. The summed E-state index contributed by atoms with van der Waals surface area (Å²) in [4.78, 5) is 34.8. The summed E-state index contributed by atoms with van der Waals surface area (Å²) in [5, 5.41) is -0.264. The van der Waals surface area contributed by atoms with Gasteiger partial charge in [-0.2, -0.15) is 4.98 Å². The number of halogens is 2. The minimum Gasteiger partial charge on any atom is -0.369 e. The van der Waals surface area contributed by atoms with Gasteiger partial charge in [0.05, 0.1) is 26.1 Å². The van der Waals surface area contributed by atoms with Crippen molar-refractivity contribution in [3.05, 3.63) is 86.6 Å². The van der Waals surface area contributed by atoms with Crippen LogP contribution < -0.4 is 11.3 Å². The fourth-order valence-corrected chi connectivity index (χ4v) is 5.88. The second-order valence-corrected chi connectivity index (χ2v) is 12.1. The molecule has 0 bridgehead atoms. The third-order valence-electron chi connectivity index (χ3n) is 5.22. The average Bonchev–Trinajstić information content (AvgIpc) is 3.31. The number of nitrogens with one attached hydrogen (secondary N) is 1. The van der Waals surface area contributed by atoms with Crippen LogP contribution in [0.4, 0.5) is 10.3 Å². The van der Waals surface area contributed by atoms with Crippen molar-refractivity contribution in [1.82, 2.24) is 19.5 Å². The van der Waals surface area contributed by atoms with E-state index in [0.29, 0.717) is 11.2 Å². The number of carbonyl (C=O) groups is 1. The lowest BCUT2D eigenvalue weighted by Gasteiger charge is -2.19. The van der Waals surface area contributed by atoms with E-state index in [0.717, 1.165) is 21.8 Å². The second kappa shape index (κ2) is 13.5. The van der Waals surface area contributed by atoms with Crippen LogP contribution in [-0.2, 0) is 31.5 Å². The molecule has 0 radical (unpaired) electrons. The van der Waals surface area contributed by atoms with Crippen LogP contribution in [0.1, 0.15) is 15.9 Å². The average molecular weight is 640 g/mol. The Morgan fingerprint density at radius 3 is 2.74 bits per heavy atom. The molecule has 15 heteroatoms. The summed E-state index contributed by atoms with van der Waals surface area (Å²) in [5.41, 5.74) is 6.73. The molecule has 0 saturated carbocycles. The van der Waals surface area contributed by atoms with Crippen molar-refractivity contribution in [1.29, 1.82) is 0 Å². The van der Waals surface area contributed by atoms with E-state index < -0.39 is 19.0 Å². The second-order valence-electron chi connectivity index (χ2n) is 8.09. The molecule has 1 unspecified atom stereocenters. The van der Waals surface area contributed by atoms with Crippen LogP contribution in [0.5, 0.6) is 0 Å². The number of fused-ring (bicyclic) bond motifs is 1. The highest BCUT2D eigenvalue weighted by molar-refractivity contribution is 9.10. The highest BCUT2D eigenvalue weighted by Gasteiger charge is 2.26. The van der Waals surface area contributed by atoms with Crippen molar-refractivity contribution in [2.24, 2.45) is 0 Å². The van der Waals surface area contributed by atoms with Gasteiger partial charge in [0.1, 0.15) is 12.2 Å². The minimum atomic E-state index is -3.74. The number of aromatic amines is 1. The lowest BCUT2D eigenvalue weighted by molar-refractivity contribution is 0.108. The van der Waals surface area contributed by atoms with Gasteiger partial charge in [0.15, 0.2) is 11.2 Å². The van der Waals surface area contributed by atoms with Gasteiger partial charge in [-0.15, -0.1) is 0 Å². The Kier molecular flexibility index (Phi) is 10.1. The molecule has 4 aromatic rings. The molecule has 0 aliphatic rings. The van der Waals surface area contributed by atoms with Crippen LogP contribution in [0.3, 0.4) is 0 Å². The quantitative estimate of drug-likeness (QED) is 0.157. The lowest BCUT2D eigenvalue weighted by atomic mass is 10.2. The number of aromatic nitrogens is 4. The topological polar surface area (TPSA) is 151 Å². The molecular weight excluding hydrogens is 616 g/mol. The monoisotopic (exact) mass is 639 g/mol. The van der Waals surface area contributed by atoms with Crippen LogP contribution in [0, 0.1) is 5.82 Å². The summed E-state index contributed by atoms with van der Waals surface area (Å²) in [6.45, 7) is 0.306. The van der Waals surface area contributed by atoms with Gasteiger partial charge in [-0.25, -0.2) is 9.37 Å². The molecule has 0 spiro atoms. The van der Waals surface area contributed by atoms with E-state index in [1.165, 1.54) is 30.6 Å². The standard InChI is InChI=1S/C24H24BrFN5O6PS/c25-18-3-1-2-16(12-18)13-37-38(34,36-10-11-39-23(33)17-4-6-19(26)7-5-17)15-35-9-8-31-14-28-20-21(31)29-24(27)30-22(20)32/h1-7,12,14H,8-11,13,15H2,(H3,27,29,30,32). The molecule has 39 heavy (non-hydrogen) atoms.